The van der Waals surface area contributed by atoms with E-state index in [1.807, 2.05) is 6.08 Å². The largest absolute Gasteiger partial charge is 0.394 e. The highest BCUT2D eigenvalue weighted by atomic mass is 16.3. The minimum Gasteiger partial charge on any atom is -0.394 e. The van der Waals surface area contributed by atoms with E-state index in [1.165, 1.54) is 302 Å². The van der Waals surface area contributed by atoms with Crippen molar-refractivity contribution < 1.29 is 15.0 Å². The molecule has 408 valence electrons. The second kappa shape index (κ2) is 60.9. The van der Waals surface area contributed by atoms with E-state index in [1.54, 1.807) is 6.08 Å². The molecule has 4 nitrogen and oxygen atoms in total. The summed E-state index contributed by atoms with van der Waals surface area (Å²) in [5.74, 6) is -0.0677. The van der Waals surface area contributed by atoms with Crippen molar-refractivity contribution in [2.45, 2.75) is 366 Å². The lowest BCUT2D eigenvalue weighted by Crippen LogP contribution is -2.45. The topological polar surface area (TPSA) is 69.6 Å². The number of aliphatic hydroxyl groups excluding tert-OH is 2. The van der Waals surface area contributed by atoms with Gasteiger partial charge in [-0.1, -0.05) is 326 Å². The predicted molar refractivity (Wildman–Crippen MR) is 308 cm³/mol. The first kappa shape index (κ1) is 67.6. The van der Waals surface area contributed by atoms with E-state index in [9.17, 15) is 15.0 Å². The number of carbonyl (C=O) groups excluding carboxylic acids is 1. The summed E-state index contributed by atoms with van der Waals surface area (Å²) in [6.45, 7) is 4.34. The summed E-state index contributed by atoms with van der Waals surface area (Å²) < 4.78 is 0. The van der Waals surface area contributed by atoms with Crippen LogP contribution < -0.4 is 5.32 Å². The molecule has 0 rings (SSSR count). The maximum absolute atomic E-state index is 12.5. The van der Waals surface area contributed by atoms with Gasteiger partial charge in [0.2, 0.25) is 5.91 Å². The normalized spacial score (nSPS) is 12.9. The van der Waals surface area contributed by atoms with Gasteiger partial charge in [0.15, 0.2) is 0 Å². The molecule has 2 atom stereocenters. The summed E-state index contributed by atoms with van der Waals surface area (Å²) >= 11 is 0. The summed E-state index contributed by atoms with van der Waals surface area (Å²) in [5.41, 5.74) is 0. The minimum absolute atomic E-state index is 0.0677. The Balaban J connectivity index is 3.43. The van der Waals surface area contributed by atoms with Crippen LogP contribution in [0.25, 0.3) is 0 Å². The lowest BCUT2D eigenvalue weighted by Gasteiger charge is -2.19. The number of unbranched alkanes of at least 4 members (excludes halogenated alkanes) is 48. The molecule has 0 saturated carbocycles. The Morgan fingerprint density at radius 1 is 0.333 bits per heavy atom. The first-order chi connectivity index (χ1) is 34.2. The summed E-state index contributed by atoms with van der Waals surface area (Å²) in [6, 6.07) is -0.638. The molecule has 0 saturated heterocycles. The fourth-order valence-electron chi connectivity index (χ4n) is 10.0. The Hall–Kier alpha value is -1.39. The molecule has 0 aromatic rings. The van der Waals surface area contributed by atoms with Gasteiger partial charge in [-0.15, -0.1) is 0 Å². The molecule has 0 fully saturated rings. The fraction of sp³-hybridized carbons (Fsp3) is 0.892. The van der Waals surface area contributed by atoms with Gasteiger partial charge in [-0.05, 0) is 57.8 Å². The molecule has 0 radical (unpaired) electrons. The molecule has 4 heteroatoms. The van der Waals surface area contributed by atoms with Crippen molar-refractivity contribution in [3.05, 3.63) is 36.5 Å². The molecular formula is C65H125NO3. The molecule has 0 aromatic heterocycles. The molecule has 0 spiro atoms. The highest BCUT2D eigenvalue weighted by Gasteiger charge is 2.18. The van der Waals surface area contributed by atoms with Crippen molar-refractivity contribution in [3.8, 4) is 0 Å². The van der Waals surface area contributed by atoms with Crippen LogP contribution in [0.3, 0.4) is 0 Å². The van der Waals surface area contributed by atoms with Gasteiger partial charge in [-0.2, -0.15) is 0 Å². The van der Waals surface area contributed by atoms with E-state index in [2.05, 4.69) is 43.5 Å². The van der Waals surface area contributed by atoms with Crippen LogP contribution >= 0.6 is 0 Å². The zero-order valence-corrected chi connectivity index (χ0v) is 47.1. The Kier molecular flexibility index (Phi) is 59.7. The lowest BCUT2D eigenvalue weighted by molar-refractivity contribution is -0.123. The first-order valence-corrected chi connectivity index (χ1v) is 31.7. The third-order valence-electron chi connectivity index (χ3n) is 14.8. The van der Waals surface area contributed by atoms with E-state index in [4.69, 9.17) is 0 Å². The second-order valence-electron chi connectivity index (χ2n) is 21.8. The predicted octanol–water partition coefficient (Wildman–Crippen LogP) is 21.2. The molecule has 2 unspecified atom stereocenters. The number of rotatable bonds is 59. The maximum Gasteiger partial charge on any atom is 0.220 e. The number of carbonyl (C=O) groups is 1. The number of hydrogen-bond donors (Lipinski definition) is 3. The standard InChI is InChI=1S/C65H125NO3/c1-3-5-7-9-11-13-15-17-19-21-23-25-26-27-28-29-30-31-32-33-34-35-36-37-38-39-40-41-43-45-47-49-51-53-55-57-59-61-65(69)66-63(62-67)64(68)60-58-56-54-52-50-48-46-44-42-24-22-20-18-16-14-12-10-8-6-4-2/h31-32,50,52,58,60,63-64,67-68H,3-30,33-49,51,53-57,59,61-62H2,1-2H3,(H,66,69)/b32-31-,52-50+,60-58+. The van der Waals surface area contributed by atoms with Crippen LogP contribution in [0.2, 0.25) is 0 Å². The summed E-state index contributed by atoms with van der Waals surface area (Å²) in [6.07, 6.45) is 83.5. The van der Waals surface area contributed by atoms with E-state index >= 15 is 0 Å². The number of nitrogens with one attached hydrogen (secondary N) is 1. The molecular weight excluding hydrogens is 843 g/mol. The van der Waals surface area contributed by atoms with Gasteiger partial charge in [0.05, 0.1) is 18.8 Å². The quantitative estimate of drug-likeness (QED) is 0.0420. The van der Waals surface area contributed by atoms with Crippen LogP contribution in [-0.2, 0) is 4.79 Å². The van der Waals surface area contributed by atoms with Crippen LogP contribution in [-0.4, -0.2) is 34.9 Å². The van der Waals surface area contributed by atoms with Gasteiger partial charge in [0.25, 0.3) is 0 Å². The second-order valence-corrected chi connectivity index (χ2v) is 21.8. The molecule has 0 aliphatic heterocycles. The number of hydrogen-bond acceptors (Lipinski definition) is 3. The van der Waals surface area contributed by atoms with Crippen LogP contribution in [0, 0.1) is 0 Å². The van der Waals surface area contributed by atoms with E-state index in [0.29, 0.717) is 6.42 Å². The Morgan fingerprint density at radius 3 is 0.841 bits per heavy atom. The third kappa shape index (κ3) is 57.4. The lowest BCUT2D eigenvalue weighted by atomic mass is 10.0. The van der Waals surface area contributed by atoms with Gasteiger partial charge in [-0.3, -0.25) is 4.79 Å². The zero-order chi connectivity index (χ0) is 49.9. The average molecular weight is 969 g/mol. The molecule has 0 aliphatic carbocycles. The average Bonchev–Trinajstić information content (AvgIpc) is 3.35. The van der Waals surface area contributed by atoms with Crippen LogP contribution in [0.1, 0.15) is 354 Å². The van der Waals surface area contributed by atoms with Crippen molar-refractivity contribution in [3.63, 3.8) is 0 Å². The minimum atomic E-state index is -0.862. The summed E-state index contributed by atoms with van der Waals surface area (Å²) in [5, 5.41) is 23.2. The van der Waals surface area contributed by atoms with Crippen molar-refractivity contribution in [1.29, 1.82) is 0 Å². The summed E-state index contributed by atoms with van der Waals surface area (Å²) in [7, 11) is 0. The van der Waals surface area contributed by atoms with Gasteiger partial charge in [0.1, 0.15) is 0 Å². The van der Waals surface area contributed by atoms with Crippen molar-refractivity contribution in [2.24, 2.45) is 0 Å². The van der Waals surface area contributed by atoms with Crippen molar-refractivity contribution in [1.82, 2.24) is 5.32 Å². The Labute approximate surface area is 433 Å². The van der Waals surface area contributed by atoms with Crippen LogP contribution in [0.5, 0.6) is 0 Å². The number of allylic oxidation sites excluding steroid dienone is 5. The van der Waals surface area contributed by atoms with E-state index < -0.39 is 12.1 Å². The molecule has 0 heterocycles. The molecule has 0 bridgehead atoms. The first-order valence-electron chi connectivity index (χ1n) is 31.7. The molecule has 3 N–H and O–H groups in total. The summed E-state index contributed by atoms with van der Waals surface area (Å²) in [4.78, 5) is 12.5. The van der Waals surface area contributed by atoms with Crippen LogP contribution in [0.4, 0.5) is 0 Å². The van der Waals surface area contributed by atoms with Gasteiger partial charge >= 0.3 is 0 Å². The van der Waals surface area contributed by atoms with E-state index in [0.717, 1.165) is 32.1 Å². The Bertz CT molecular complexity index is 1050. The maximum atomic E-state index is 12.5. The fourth-order valence-corrected chi connectivity index (χ4v) is 10.0. The third-order valence-corrected chi connectivity index (χ3v) is 14.8. The van der Waals surface area contributed by atoms with Crippen molar-refractivity contribution >= 4 is 5.91 Å². The molecule has 0 aliphatic rings. The van der Waals surface area contributed by atoms with Crippen molar-refractivity contribution in [2.75, 3.05) is 6.61 Å². The highest BCUT2D eigenvalue weighted by Crippen LogP contribution is 2.18. The molecule has 1 amide bonds. The number of amides is 1. The highest BCUT2D eigenvalue weighted by molar-refractivity contribution is 5.76. The van der Waals surface area contributed by atoms with Gasteiger partial charge < -0.3 is 15.5 Å². The molecule has 0 aromatic carbocycles. The van der Waals surface area contributed by atoms with Crippen LogP contribution in [0.15, 0.2) is 36.5 Å². The van der Waals surface area contributed by atoms with Gasteiger partial charge in [0, 0.05) is 6.42 Å². The molecule has 69 heavy (non-hydrogen) atoms. The smallest absolute Gasteiger partial charge is 0.220 e. The zero-order valence-electron chi connectivity index (χ0n) is 47.1. The van der Waals surface area contributed by atoms with Gasteiger partial charge in [-0.25, -0.2) is 0 Å². The Morgan fingerprint density at radius 2 is 0.565 bits per heavy atom. The SMILES string of the molecule is CCCCCCCCCCCCCCCC/C=C/CC/C=C/C(O)C(CO)NC(=O)CCCCCCCCCCCCCCCCCCC/C=C\CCCCCCCCCCCCCCCCCC. The van der Waals surface area contributed by atoms with E-state index in [-0.39, 0.29) is 12.5 Å². The number of aliphatic hydroxyl groups is 2. The monoisotopic (exact) mass is 968 g/mol.